The highest BCUT2D eigenvalue weighted by molar-refractivity contribution is 5.89. The number of aliphatic hydroxyl groups is 1. The minimum absolute atomic E-state index is 0.0190. The Labute approximate surface area is 189 Å². The van der Waals surface area contributed by atoms with Crippen LogP contribution in [0.5, 0.6) is 5.75 Å². The van der Waals surface area contributed by atoms with Crippen molar-refractivity contribution in [3.63, 3.8) is 0 Å². The Kier molecular flexibility index (Phi) is 5.05. The van der Waals surface area contributed by atoms with E-state index in [9.17, 15) is 9.90 Å². The number of benzene rings is 2. The summed E-state index contributed by atoms with van der Waals surface area (Å²) in [6.07, 6.45) is 3.90. The van der Waals surface area contributed by atoms with Crippen LogP contribution in [0.15, 0.2) is 54.7 Å². The van der Waals surface area contributed by atoms with Gasteiger partial charge in [-0.25, -0.2) is 0 Å². The maximum Gasteiger partial charge on any atom is 0.227 e. The van der Waals surface area contributed by atoms with Crippen LogP contribution in [0.25, 0.3) is 10.9 Å². The van der Waals surface area contributed by atoms with Crippen LogP contribution in [0.4, 0.5) is 0 Å². The highest BCUT2D eigenvalue weighted by Gasteiger charge is 2.57. The Hall–Kier alpha value is -2.79. The van der Waals surface area contributed by atoms with E-state index in [1.54, 1.807) is 7.11 Å². The number of nitrogens with zero attached hydrogens (tertiary/aromatic N) is 1. The van der Waals surface area contributed by atoms with Gasteiger partial charge in [0.1, 0.15) is 5.75 Å². The molecular formula is C27H32N2O3. The number of H-pyrrole nitrogens is 1. The van der Waals surface area contributed by atoms with Crippen LogP contribution in [0.3, 0.4) is 0 Å². The lowest BCUT2D eigenvalue weighted by molar-refractivity contribution is -0.130. The van der Waals surface area contributed by atoms with Gasteiger partial charge in [-0.15, -0.1) is 0 Å². The molecule has 0 bridgehead atoms. The summed E-state index contributed by atoms with van der Waals surface area (Å²) in [6.45, 7) is 5.82. The van der Waals surface area contributed by atoms with Gasteiger partial charge in [-0.2, -0.15) is 0 Å². The molecule has 0 spiro atoms. The zero-order valence-corrected chi connectivity index (χ0v) is 19.1. The predicted molar refractivity (Wildman–Crippen MR) is 125 cm³/mol. The Morgan fingerprint density at radius 3 is 2.62 bits per heavy atom. The Bertz CT molecular complexity index is 1150. The van der Waals surface area contributed by atoms with Gasteiger partial charge in [-0.05, 0) is 41.9 Å². The van der Waals surface area contributed by atoms with Gasteiger partial charge in [0, 0.05) is 41.7 Å². The first kappa shape index (κ1) is 21.1. The summed E-state index contributed by atoms with van der Waals surface area (Å²) in [5.41, 5.74) is 1.99. The van der Waals surface area contributed by atoms with E-state index >= 15 is 0 Å². The second-order valence-electron chi connectivity index (χ2n) is 10.2. The van der Waals surface area contributed by atoms with E-state index in [4.69, 9.17) is 4.74 Å². The second kappa shape index (κ2) is 7.66. The van der Waals surface area contributed by atoms with E-state index in [1.165, 1.54) is 0 Å². The molecule has 1 aliphatic heterocycles. The Morgan fingerprint density at radius 1 is 1.09 bits per heavy atom. The summed E-state index contributed by atoms with van der Waals surface area (Å²) >= 11 is 0. The fourth-order valence-electron chi connectivity index (χ4n) is 6.06. The molecule has 3 atom stereocenters. The molecule has 1 aromatic heterocycles. The van der Waals surface area contributed by atoms with Crippen molar-refractivity contribution in [2.45, 2.75) is 38.7 Å². The molecule has 3 aromatic rings. The molecule has 5 heteroatoms. The smallest absolute Gasteiger partial charge is 0.227 e. The number of hydrogen-bond acceptors (Lipinski definition) is 3. The molecule has 32 heavy (non-hydrogen) atoms. The van der Waals surface area contributed by atoms with Crippen molar-refractivity contribution in [3.05, 3.63) is 65.9 Å². The van der Waals surface area contributed by atoms with Crippen LogP contribution in [0, 0.1) is 17.3 Å². The topological polar surface area (TPSA) is 65.6 Å². The third-order valence-electron chi connectivity index (χ3n) is 8.03. The van der Waals surface area contributed by atoms with Crippen LogP contribution < -0.4 is 4.74 Å². The van der Waals surface area contributed by atoms with Crippen LogP contribution >= 0.6 is 0 Å². The highest BCUT2D eigenvalue weighted by Crippen LogP contribution is 2.56. The molecule has 168 valence electrons. The van der Waals surface area contributed by atoms with Gasteiger partial charge < -0.3 is 19.7 Å². The van der Waals surface area contributed by atoms with Crippen LogP contribution in [0.2, 0.25) is 0 Å². The highest BCUT2D eigenvalue weighted by atomic mass is 16.5. The van der Waals surface area contributed by atoms with Gasteiger partial charge in [0.05, 0.1) is 19.1 Å². The average molecular weight is 433 g/mol. The van der Waals surface area contributed by atoms with E-state index in [0.717, 1.165) is 34.2 Å². The molecule has 2 heterocycles. The summed E-state index contributed by atoms with van der Waals surface area (Å²) < 4.78 is 5.61. The van der Waals surface area contributed by atoms with Gasteiger partial charge in [0.2, 0.25) is 5.91 Å². The van der Waals surface area contributed by atoms with E-state index < -0.39 is 5.60 Å². The third kappa shape index (κ3) is 3.30. The Balaban J connectivity index is 1.44. The molecule has 2 N–H and O–H groups in total. The normalized spacial score (nSPS) is 26.8. The van der Waals surface area contributed by atoms with E-state index in [2.05, 4.69) is 24.9 Å². The lowest BCUT2D eigenvalue weighted by Gasteiger charge is -2.49. The van der Waals surface area contributed by atoms with Crippen LogP contribution in [-0.2, 0) is 16.8 Å². The van der Waals surface area contributed by atoms with Crippen LogP contribution in [0.1, 0.15) is 37.8 Å². The molecular weight excluding hydrogens is 400 g/mol. The average Bonchev–Trinajstić information content (AvgIpc) is 3.43. The summed E-state index contributed by atoms with van der Waals surface area (Å²) in [5.74, 6) is 1.06. The number of para-hydroxylation sites is 2. The number of hydrogen-bond donors (Lipinski definition) is 2. The number of amides is 1. The lowest BCUT2D eigenvalue weighted by atomic mass is 9.57. The second-order valence-corrected chi connectivity index (χ2v) is 10.2. The number of ether oxygens (including phenoxy) is 1. The van der Waals surface area contributed by atoms with Gasteiger partial charge in [0.25, 0.3) is 0 Å². The van der Waals surface area contributed by atoms with Gasteiger partial charge in [-0.3, -0.25) is 4.79 Å². The third-order valence-corrected chi connectivity index (χ3v) is 8.03. The van der Waals surface area contributed by atoms with Crippen molar-refractivity contribution >= 4 is 16.8 Å². The summed E-state index contributed by atoms with van der Waals surface area (Å²) in [4.78, 5) is 18.6. The number of methoxy groups -OCH3 is 1. The summed E-state index contributed by atoms with van der Waals surface area (Å²) in [5, 5.41) is 13.1. The first-order chi connectivity index (χ1) is 15.3. The van der Waals surface area contributed by atoms with Crippen molar-refractivity contribution in [2.75, 3.05) is 20.2 Å². The number of fused-ring (bicyclic) bond motifs is 2. The van der Waals surface area contributed by atoms with Crippen molar-refractivity contribution in [1.82, 2.24) is 9.88 Å². The summed E-state index contributed by atoms with van der Waals surface area (Å²) in [7, 11) is 1.65. The molecule has 1 saturated carbocycles. The fourth-order valence-corrected chi connectivity index (χ4v) is 6.06. The Morgan fingerprint density at radius 2 is 1.81 bits per heavy atom. The van der Waals surface area contributed by atoms with Crippen molar-refractivity contribution in [2.24, 2.45) is 17.3 Å². The predicted octanol–water partition coefficient (Wildman–Crippen LogP) is 4.50. The molecule has 2 aromatic carbocycles. The monoisotopic (exact) mass is 432 g/mol. The summed E-state index contributed by atoms with van der Waals surface area (Å²) in [6, 6.07) is 15.9. The minimum atomic E-state index is -0.997. The van der Waals surface area contributed by atoms with E-state index in [0.29, 0.717) is 25.9 Å². The molecule has 5 nitrogen and oxygen atoms in total. The SMILES string of the molecule is COc1ccccc1C1(O)CCC(C)(C)C2CN(C(=O)Cc3c[nH]c4ccccc34)CC21. The van der Waals surface area contributed by atoms with E-state index in [-0.39, 0.29) is 23.2 Å². The standard InChI is InChI=1S/C27H32N2O3/c1-26(2)12-13-27(31,20-9-5-7-11-24(20)32-3)22-17-29(16-21(22)26)25(30)14-18-15-28-23-10-6-4-8-19(18)23/h4-11,15,21-22,28,31H,12-14,16-17H2,1-3H3. The number of aromatic nitrogens is 1. The van der Waals surface area contributed by atoms with Gasteiger partial charge >= 0.3 is 0 Å². The van der Waals surface area contributed by atoms with Gasteiger partial charge in [-0.1, -0.05) is 50.2 Å². The molecule has 2 fully saturated rings. The first-order valence-electron chi connectivity index (χ1n) is 11.5. The zero-order valence-electron chi connectivity index (χ0n) is 19.1. The first-order valence-corrected chi connectivity index (χ1v) is 11.5. The number of aromatic amines is 1. The molecule has 0 radical (unpaired) electrons. The minimum Gasteiger partial charge on any atom is -0.496 e. The molecule has 5 rings (SSSR count). The quantitative estimate of drug-likeness (QED) is 0.638. The van der Waals surface area contributed by atoms with Crippen LogP contribution in [-0.4, -0.2) is 41.1 Å². The molecule has 3 unspecified atom stereocenters. The number of carbonyl (C=O) groups excluding carboxylic acids is 1. The molecule has 1 saturated heterocycles. The number of likely N-dealkylation sites (tertiary alicyclic amines) is 1. The molecule has 2 aliphatic rings. The molecule has 1 aliphatic carbocycles. The van der Waals surface area contributed by atoms with Crippen molar-refractivity contribution in [1.29, 1.82) is 0 Å². The van der Waals surface area contributed by atoms with Crippen molar-refractivity contribution in [3.8, 4) is 5.75 Å². The number of rotatable bonds is 4. The number of nitrogens with one attached hydrogen (secondary N) is 1. The fraction of sp³-hybridized carbons (Fsp3) is 0.444. The number of carbonyl (C=O) groups is 1. The van der Waals surface area contributed by atoms with Crippen molar-refractivity contribution < 1.29 is 14.6 Å². The maximum atomic E-state index is 13.4. The zero-order chi connectivity index (χ0) is 22.5. The van der Waals surface area contributed by atoms with Gasteiger partial charge in [0.15, 0.2) is 0 Å². The van der Waals surface area contributed by atoms with E-state index in [1.807, 2.05) is 53.6 Å². The molecule has 1 amide bonds. The maximum absolute atomic E-state index is 13.4. The lowest BCUT2D eigenvalue weighted by Crippen LogP contribution is -2.49. The largest absolute Gasteiger partial charge is 0.496 e.